The van der Waals surface area contributed by atoms with E-state index >= 15 is 0 Å². The molecule has 0 unspecified atom stereocenters. The summed E-state index contributed by atoms with van der Waals surface area (Å²) in [6, 6.07) is 7.72. The molecule has 0 radical (unpaired) electrons. The highest BCUT2D eigenvalue weighted by Gasteiger charge is 2.35. The highest BCUT2D eigenvalue weighted by molar-refractivity contribution is 7.08. The first-order valence-corrected chi connectivity index (χ1v) is 9.60. The van der Waals surface area contributed by atoms with Crippen molar-refractivity contribution in [2.45, 2.75) is 18.9 Å². The van der Waals surface area contributed by atoms with Crippen LogP contribution in [0.4, 0.5) is 5.69 Å². The first kappa shape index (κ1) is 16.3. The maximum atomic E-state index is 12.6. The summed E-state index contributed by atoms with van der Waals surface area (Å²) < 4.78 is 0. The predicted molar refractivity (Wildman–Crippen MR) is 102 cm³/mol. The van der Waals surface area contributed by atoms with Gasteiger partial charge in [-0.1, -0.05) is 6.07 Å². The molecule has 5 nitrogen and oxygen atoms in total. The fourth-order valence-corrected chi connectivity index (χ4v) is 4.54. The molecule has 0 aliphatic carbocycles. The van der Waals surface area contributed by atoms with Crippen molar-refractivity contribution < 1.29 is 4.79 Å². The average molecular weight is 354 g/mol. The number of nitrogens with zero attached hydrogens (tertiary/aromatic N) is 1. The quantitative estimate of drug-likeness (QED) is 0.583. The van der Waals surface area contributed by atoms with Crippen LogP contribution in [-0.4, -0.2) is 42.2 Å². The molecule has 3 aliphatic heterocycles. The van der Waals surface area contributed by atoms with Gasteiger partial charge in [-0.25, -0.2) is 0 Å². The molecule has 2 bridgehead atoms. The number of carbonyl (C=O) groups is 1. The lowest BCUT2D eigenvalue weighted by Crippen LogP contribution is -2.58. The van der Waals surface area contributed by atoms with Crippen LogP contribution in [-0.2, 0) is 4.79 Å². The molecule has 0 saturated carbocycles. The first-order valence-electron chi connectivity index (χ1n) is 8.66. The van der Waals surface area contributed by atoms with Gasteiger partial charge in [0, 0.05) is 23.8 Å². The minimum absolute atomic E-state index is 0.0500. The fraction of sp³-hybridized carbons (Fsp3) is 0.368. The number of hydrogen-bond acceptors (Lipinski definition) is 5. The van der Waals surface area contributed by atoms with Gasteiger partial charge in [-0.3, -0.25) is 10.2 Å². The van der Waals surface area contributed by atoms with Crippen molar-refractivity contribution in [3.05, 3.63) is 40.6 Å². The van der Waals surface area contributed by atoms with Crippen LogP contribution >= 0.6 is 11.3 Å². The summed E-state index contributed by atoms with van der Waals surface area (Å²) in [5.41, 5.74) is 9.02. The van der Waals surface area contributed by atoms with E-state index in [1.54, 1.807) is 17.4 Å². The average Bonchev–Trinajstić information content (AvgIpc) is 3.17. The van der Waals surface area contributed by atoms with Crippen LogP contribution < -0.4 is 11.1 Å². The summed E-state index contributed by atoms with van der Waals surface area (Å²) in [5.74, 6) is 0.212. The highest BCUT2D eigenvalue weighted by Crippen LogP contribution is 2.28. The Bertz CT molecular complexity index is 794. The third kappa shape index (κ3) is 3.19. The lowest BCUT2D eigenvalue weighted by molar-refractivity contribution is -0.116. The predicted octanol–water partition coefficient (Wildman–Crippen LogP) is 2.58. The van der Waals surface area contributed by atoms with Gasteiger partial charge < -0.3 is 16.0 Å². The Morgan fingerprint density at radius 3 is 2.68 bits per heavy atom. The smallest absolute Gasteiger partial charge is 0.270 e. The molecule has 25 heavy (non-hydrogen) atoms. The second-order valence-corrected chi connectivity index (χ2v) is 7.69. The van der Waals surface area contributed by atoms with Crippen molar-refractivity contribution in [1.82, 2.24) is 10.2 Å². The van der Waals surface area contributed by atoms with Crippen molar-refractivity contribution in [1.29, 1.82) is 5.41 Å². The lowest BCUT2D eigenvalue weighted by atomic mass is 9.84. The standard InChI is InChI=1S/C19H22N4OS/c20-16-2-1-13(14-5-8-25-11-14)9-15(16)18(21)19(24)22-17-10-23-6-3-12(17)4-7-23/h1-2,5,8-9,11-12,17,21H,3-4,6-7,10,20H2,(H,22,24)/t17-/m0/s1. The number of fused-ring (bicyclic) bond motifs is 3. The van der Waals surface area contributed by atoms with Gasteiger partial charge >= 0.3 is 0 Å². The summed E-state index contributed by atoms with van der Waals surface area (Å²) >= 11 is 1.62. The number of nitrogens with two attached hydrogens (primary N) is 1. The van der Waals surface area contributed by atoms with Crippen LogP contribution in [0.1, 0.15) is 18.4 Å². The maximum absolute atomic E-state index is 12.6. The van der Waals surface area contributed by atoms with E-state index < -0.39 is 0 Å². The highest BCUT2D eigenvalue weighted by atomic mass is 32.1. The number of anilines is 1. The Balaban J connectivity index is 1.52. The van der Waals surface area contributed by atoms with E-state index in [9.17, 15) is 4.79 Å². The molecule has 4 heterocycles. The zero-order valence-electron chi connectivity index (χ0n) is 14.0. The number of thiophene rings is 1. The topological polar surface area (TPSA) is 82.2 Å². The Labute approximate surface area is 151 Å². The van der Waals surface area contributed by atoms with Gasteiger partial charge in [-0.2, -0.15) is 11.3 Å². The largest absolute Gasteiger partial charge is 0.398 e. The minimum Gasteiger partial charge on any atom is -0.398 e. The molecule has 1 aromatic carbocycles. The number of benzene rings is 1. The number of amides is 1. The number of nitrogens with one attached hydrogen (secondary N) is 2. The second-order valence-electron chi connectivity index (χ2n) is 6.91. The molecule has 130 valence electrons. The van der Waals surface area contributed by atoms with E-state index in [-0.39, 0.29) is 17.7 Å². The van der Waals surface area contributed by atoms with E-state index in [2.05, 4.69) is 10.2 Å². The molecule has 6 heteroatoms. The van der Waals surface area contributed by atoms with E-state index in [0.29, 0.717) is 17.2 Å². The third-order valence-corrected chi connectivity index (χ3v) is 6.06. The summed E-state index contributed by atoms with van der Waals surface area (Å²) in [7, 11) is 0. The van der Waals surface area contributed by atoms with Crippen molar-refractivity contribution >= 4 is 28.6 Å². The third-order valence-electron chi connectivity index (χ3n) is 5.38. The number of carbonyl (C=O) groups excluding carboxylic acids is 1. The molecule has 5 rings (SSSR count). The van der Waals surface area contributed by atoms with Crippen LogP contribution in [0.5, 0.6) is 0 Å². The Kier molecular flexibility index (Phi) is 4.31. The molecule has 3 aliphatic rings. The molecular formula is C19H22N4OS. The van der Waals surface area contributed by atoms with E-state index in [0.717, 1.165) is 43.6 Å². The Morgan fingerprint density at radius 2 is 2.04 bits per heavy atom. The number of piperidine rings is 3. The number of nitrogen functional groups attached to an aromatic ring is 1. The van der Waals surface area contributed by atoms with E-state index in [1.165, 1.54) is 0 Å². The van der Waals surface area contributed by atoms with Crippen LogP contribution in [0, 0.1) is 11.3 Å². The molecular weight excluding hydrogens is 332 g/mol. The summed E-state index contributed by atoms with van der Waals surface area (Å²) in [6.07, 6.45) is 2.27. The molecule has 1 amide bonds. The molecule has 4 N–H and O–H groups in total. The first-order chi connectivity index (χ1) is 12.1. The van der Waals surface area contributed by atoms with Gasteiger partial charge in [0.05, 0.1) is 0 Å². The van der Waals surface area contributed by atoms with Crippen LogP contribution in [0.25, 0.3) is 11.1 Å². The molecule has 1 aromatic heterocycles. The summed E-state index contributed by atoms with van der Waals surface area (Å²) in [6.45, 7) is 3.16. The number of hydrogen-bond donors (Lipinski definition) is 3. The van der Waals surface area contributed by atoms with E-state index in [1.807, 2.05) is 29.0 Å². The lowest BCUT2D eigenvalue weighted by Gasteiger charge is -2.44. The Morgan fingerprint density at radius 1 is 1.24 bits per heavy atom. The molecule has 3 saturated heterocycles. The van der Waals surface area contributed by atoms with Crippen molar-refractivity contribution in [3.8, 4) is 11.1 Å². The SMILES string of the molecule is N=C(C(=O)N[C@H]1CN2CCC1CC2)c1cc(-c2ccsc2)ccc1N. The summed E-state index contributed by atoms with van der Waals surface area (Å²) in [4.78, 5) is 15.0. The Hall–Kier alpha value is -2.18. The summed E-state index contributed by atoms with van der Waals surface area (Å²) in [5, 5.41) is 15.5. The van der Waals surface area contributed by atoms with Crippen LogP contribution in [0.3, 0.4) is 0 Å². The zero-order valence-corrected chi connectivity index (χ0v) is 14.8. The molecule has 0 spiro atoms. The van der Waals surface area contributed by atoms with Gasteiger partial charge in [0.1, 0.15) is 5.71 Å². The van der Waals surface area contributed by atoms with Crippen molar-refractivity contribution in [2.75, 3.05) is 25.4 Å². The molecule has 1 atom stereocenters. The van der Waals surface area contributed by atoms with Gasteiger partial charge in [-0.05, 0) is 71.9 Å². The van der Waals surface area contributed by atoms with Crippen molar-refractivity contribution in [2.24, 2.45) is 5.92 Å². The maximum Gasteiger partial charge on any atom is 0.270 e. The minimum atomic E-state index is -0.326. The molecule has 2 aromatic rings. The van der Waals surface area contributed by atoms with Gasteiger partial charge in [0.15, 0.2) is 0 Å². The van der Waals surface area contributed by atoms with Gasteiger partial charge in [0.2, 0.25) is 0 Å². The van der Waals surface area contributed by atoms with Gasteiger partial charge in [0.25, 0.3) is 5.91 Å². The zero-order chi connectivity index (χ0) is 17.4. The van der Waals surface area contributed by atoms with Crippen molar-refractivity contribution in [3.63, 3.8) is 0 Å². The molecule has 3 fully saturated rings. The van der Waals surface area contributed by atoms with Crippen LogP contribution in [0.2, 0.25) is 0 Å². The van der Waals surface area contributed by atoms with E-state index in [4.69, 9.17) is 11.1 Å². The van der Waals surface area contributed by atoms with Gasteiger partial charge in [-0.15, -0.1) is 0 Å². The fourth-order valence-electron chi connectivity index (χ4n) is 3.87. The number of rotatable bonds is 4. The second kappa shape index (κ2) is 6.61. The van der Waals surface area contributed by atoms with Crippen LogP contribution in [0.15, 0.2) is 35.0 Å². The normalized spacial score (nSPS) is 24.9. The monoisotopic (exact) mass is 354 g/mol.